The Balaban J connectivity index is 3.00. The first-order valence-electron chi connectivity index (χ1n) is 4.79. The first-order valence-corrected chi connectivity index (χ1v) is 5.24. The highest BCUT2D eigenvalue weighted by Crippen LogP contribution is 2.27. The summed E-state index contributed by atoms with van der Waals surface area (Å²) in [7, 11) is 0. The van der Waals surface area contributed by atoms with Crippen molar-refractivity contribution in [2.45, 2.75) is 25.7 Å². The predicted octanol–water partition coefficient (Wildman–Crippen LogP) is 4.05. The minimum atomic E-state index is 1.05. The maximum absolute atomic E-state index is 4.41. The van der Waals surface area contributed by atoms with Gasteiger partial charge in [-0.25, -0.2) is 0 Å². The second-order valence-corrected chi connectivity index (χ2v) is 4.40. The van der Waals surface area contributed by atoms with Gasteiger partial charge in [0.25, 0.3) is 0 Å². The third-order valence-electron chi connectivity index (χ3n) is 2.72. The minimum Gasteiger partial charge on any atom is -0.143 e. The normalized spacial score (nSPS) is 10.9. The van der Waals surface area contributed by atoms with E-state index in [1.807, 2.05) is 0 Å². The average molecular weight is 202 g/mol. The second-order valence-electron chi connectivity index (χ2n) is 3.88. The van der Waals surface area contributed by atoms with Gasteiger partial charge in [-0.1, -0.05) is 12.1 Å². The van der Waals surface area contributed by atoms with E-state index in [1.165, 1.54) is 27.5 Å². The lowest BCUT2D eigenvalue weighted by molar-refractivity contribution is 1.37. The summed E-state index contributed by atoms with van der Waals surface area (Å²) >= 11 is 4.41. The van der Waals surface area contributed by atoms with E-state index in [4.69, 9.17) is 0 Å². The largest absolute Gasteiger partial charge is 0.143 e. The van der Waals surface area contributed by atoms with Crippen LogP contribution in [0.4, 0.5) is 0 Å². The van der Waals surface area contributed by atoms with Crippen molar-refractivity contribution < 1.29 is 0 Å². The first-order chi connectivity index (χ1) is 6.59. The Hall–Kier alpha value is -0.950. The Morgan fingerprint density at radius 1 is 0.857 bits per heavy atom. The summed E-state index contributed by atoms with van der Waals surface area (Å²) in [6.07, 6.45) is 0. The zero-order valence-electron chi connectivity index (χ0n) is 8.76. The number of hydrogen-bond donors (Lipinski definition) is 1. The molecule has 0 nitrogen and oxygen atoms in total. The maximum Gasteiger partial charge on any atom is 0.00491 e. The molecule has 2 rings (SSSR count). The van der Waals surface area contributed by atoms with Crippen LogP contribution in [0.3, 0.4) is 0 Å². The Morgan fingerprint density at radius 2 is 1.50 bits per heavy atom. The highest BCUT2D eigenvalue weighted by Gasteiger charge is 2.04. The molecule has 72 valence electrons. The lowest BCUT2D eigenvalue weighted by Gasteiger charge is -2.09. The number of fused-ring (bicyclic) bond motifs is 1. The van der Waals surface area contributed by atoms with E-state index in [2.05, 4.69) is 57.7 Å². The Bertz CT molecular complexity index is 498. The van der Waals surface area contributed by atoms with Crippen LogP contribution in [0.1, 0.15) is 16.7 Å². The van der Waals surface area contributed by atoms with Gasteiger partial charge in [-0.3, -0.25) is 0 Å². The summed E-state index contributed by atoms with van der Waals surface area (Å²) in [5.41, 5.74) is 3.98. The monoisotopic (exact) mass is 202 g/mol. The zero-order chi connectivity index (χ0) is 10.3. The maximum atomic E-state index is 4.41. The van der Waals surface area contributed by atoms with Crippen molar-refractivity contribution in [1.82, 2.24) is 0 Å². The summed E-state index contributed by atoms with van der Waals surface area (Å²) in [6, 6.07) is 8.62. The Morgan fingerprint density at radius 3 is 2.21 bits per heavy atom. The summed E-state index contributed by atoms with van der Waals surface area (Å²) in [5, 5.41) is 2.71. The fourth-order valence-electron chi connectivity index (χ4n) is 2.03. The third-order valence-corrected chi connectivity index (χ3v) is 2.98. The number of hydrogen-bond acceptors (Lipinski definition) is 1. The molecular weight excluding hydrogens is 188 g/mol. The van der Waals surface area contributed by atoms with E-state index in [9.17, 15) is 0 Å². The molecule has 0 unspecified atom stereocenters. The van der Waals surface area contributed by atoms with Gasteiger partial charge >= 0.3 is 0 Å². The Labute approximate surface area is 90.4 Å². The molecule has 0 N–H and O–H groups in total. The Kier molecular flexibility index (Phi) is 2.28. The molecule has 0 atom stereocenters. The number of thiol groups is 1. The van der Waals surface area contributed by atoms with Gasteiger partial charge in [0, 0.05) is 4.90 Å². The van der Waals surface area contributed by atoms with Gasteiger partial charge in [0.05, 0.1) is 0 Å². The highest BCUT2D eigenvalue weighted by molar-refractivity contribution is 7.80. The fraction of sp³-hybridized carbons (Fsp3) is 0.231. The molecule has 0 spiro atoms. The molecule has 0 heterocycles. The second kappa shape index (κ2) is 3.32. The van der Waals surface area contributed by atoms with Crippen LogP contribution in [0.5, 0.6) is 0 Å². The van der Waals surface area contributed by atoms with Crippen molar-refractivity contribution in [3.8, 4) is 0 Å². The third kappa shape index (κ3) is 1.42. The molecule has 0 fully saturated rings. The minimum absolute atomic E-state index is 1.05. The van der Waals surface area contributed by atoms with E-state index < -0.39 is 0 Å². The van der Waals surface area contributed by atoms with Gasteiger partial charge in [0.1, 0.15) is 0 Å². The van der Waals surface area contributed by atoms with Crippen molar-refractivity contribution in [2.24, 2.45) is 0 Å². The highest BCUT2D eigenvalue weighted by atomic mass is 32.1. The van der Waals surface area contributed by atoms with Crippen LogP contribution in [0.15, 0.2) is 29.2 Å². The summed E-state index contributed by atoms with van der Waals surface area (Å²) in [5.74, 6) is 0. The van der Waals surface area contributed by atoms with Crippen LogP contribution in [0.25, 0.3) is 10.8 Å². The van der Waals surface area contributed by atoms with E-state index in [-0.39, 0.29) is 0 Å². The molecule has 1 heteroatoms. The van der Waals surface area contributed by atoms with E-state index in [0.717, 1.165) is 4.90 Å². The summed E-state index contributed by atoms with van der Waals surface area (Å²) < 4.78 is 0. The predicted molar refractivity (Wildman–Crippen MR) is 65.4 cm³/mol. The topological polar surface area (TPSA) is 0 Å². The molecule has 0 aliphatic heterocycles. The van der Waals surface area contributed by atoms with Crippen LogP contribution in [-0.4, -0.2) is 0 Å². The van der Waals surface area contributed by atoms with Crippen LogP contribution in [0, 0.1) is 20.8 Å². The van der Waals surface area contributed by atoms with E-state index in [0.29, 0.717) is 0 Å². The van der Waals surface area contributed by atoms with Crippen LogP contribution < -0.4 is 0 Å². The van der Waals surface area contributed by atoms with Crippen molar-refractivity contribution in [3.63, 3.8) is 0 Å². The van der Waals surface area contributed by atoms with Gasteiger partial charge in [-0.15, -0.1) is 12.6 Å². The molecule has 0 radical (unpaired) electrons. The molecule has 0 aliphatic rings. The van der Waals surface area contributed by atoms with Crippen LogP contribution in [-0.2, 0) is 0 Å². The quantitative estimate of drug-likeness (QED) is 0.612. The molecule has 2 aromatic carbocycles. The molecule has 14 heavy (non-hydrogen) atoms. The van der Waals surface area contributed by atoms with Gasteiger partial charge in [-0.05, 0) is 60.4 Å². The average Bonchev–Trinajstić information content (AvgIpc) is 2.10. The molecule has 0 aromatic heterocycles. The lowest BCUT2D eigenvalue weighted by Crippen LogP contribution is -1.86. The van der Waals surface area contributed by atoms with Gasteiger partial charge in [0.2, 0.25) is 0 Å². The van der Waals surface area contributed by atoms with Crippen molar-refractivity contribution in [2.75, 3.05) is 0 Å². The molecule has 2 aromatic rings. The van der Waals surface area contributed by atoms with Crippen LogP contribution in [0.2, 0.25) is 0 Å². The standard InChI is InChI=1S/C13H14S/c1-8-4-5-9(2)13-10(3)6-11(14)7-12(8)13/h4-7,14H,1-3H3. The lowest BCUT2D eigenvalue weighted by atomic mass is 9.97. The molecule has 0 amide bonds. The molecule has 0 aliphatic carbocycles. The first kappa shape index (κ1) is 9.60. The van der Waals surface area contributed by atoms with Crippen molar-refractivity contribution >= 4 is 23.4 Å². The molecule has 0 saturated heterocycles. The van der Waals surface area contributed by atoms with Gasteiger partial charge < -0.3 is 0 Å². The van der Waals surface area contributed by atoms with Crippen molar-refractivity contribution in [1.29, 1.82) is 0 Å². The van der Waals surface area contributed by atoms with Crippen molar-refractivity contribution in [3.05, 3.63) is 41.0 Å². The number of benzene rings is 2. The molecule has 0 saturated carbocycles. The summed E-state index contributed by atoms with van der Waals surface area (Å²) in [6.45, 7) is 6.45. The van der Waals surface area contributed by atoms with E-state index in [1.54, 1.807) is 0 Å². The van der Waals surface area contributed by atoms with Crippen LogP contribution >= 0.6 is 12.6 Å². The smallest absolute Gasteiger partial charge is 0.00491 e. The SMILES string of the molecule is Cc1ccc(C)c2c(C)cc(S)cc12. The number of rotatable bonds is 0. The van der Waals surface area contributed by atoms with Gasteiger partial charge in [-0.2, -0.15) is 0 Å². The zero-order valence-corrected chi connectivity index (χ0v) is 9.65. The summed E-state index contributed by atoms with van der Waals surface area (Å²) in [4.78, 5) is 1.05. The van der Waals surface area contributed by atoms with E-state index >= 15 is 0 Å². The molecule has 0 bridgehead atoms. The number of aryl methyl sites for hydroxylation is 3. The molecular formula is C13H14S. The fourth-order valence-corrected chi connectivity index (χ4v) is 2.35. The van der Waals surface area contributed by atoms with Gasteiger partial charge in [0.15, 0.2) is 0 Å².